The van der Waals surface area contributed by atoms with Crippen molar-refractivity contribution < 1.29 is 9.47 Å². The third-order valence-electron chi connectivity index (χ3n) is 5.70. The second kappa shape index (κ2) is 13.3. The molecule has 2 N–H and O–H groups in total. The Kier molecular flexibility index (Phi) is 11.2. The number of hydrogen-bond acceptors (Lipinski definition) is 5. The second-order valence-electron chi connectivity index (χ2n) is 8.38. The summed E-state index contributed by atoms with van der Waals surface area (Å²) in [6, 6.07) is 8.63. The Hall–Kier alpha value is -1.26. The van der Waals surface area contributed by atoms with E-state index in [9.17, 15) is 0 Å². The summed E-state index contributed by atoms with van der Waals surface area (Å²) in [7, 11) is 1.73. The first-order valence-electron chi connectivity index (χ1n) is 11.4. The third-order valence-corrected chi connectivity index (χ3v) is 5.70. The molecule has 0 spiro atoms. The average Bonchev–Trinajstić information content (AvgIpc) is 3.19. The number of halogens is 1. The van der Waals surface area contributed by atoms with E-state index in [0.717, 1.165) is 70.4 Å². The lowest BCUT2D eigenvalue weighted by Gasteiger charge is -2.35. The Labute approximate surface area is 205 Å². The molecule has 0 radical (unpaired) electrons. The number of nitrogens with one attached hydrogen (secondary N) is 2. The standard InChI is InChI=1S/C23H39N5O2.HI/c1-5-24-23(25-12-8-13-27-15-18(2)30-19(3)16-27)26-20-11-14-28(17-20)21-9-6-7-10-22(21)29-4;/h6-7,9-10,18-20H,5,8,11-17H2,1-4H3,(H2,24,25,26);1H. The zero-order chi connectivity index (χ0) is 21.3. The Morgan fingerprint density at radius 1 is 1.19 bits per heavy atom. The van der Waals surface area contributed by atoms with Gasteiger partial charge in [-0.1, -0.05) is 12.1 Å². The minimum atomic E-state index is 0. The highest BCUT2D eigenvalue weighted by molar-refractivity contribution is 14.0. The van der Waals surface area contributed by atoms with E-state index in [2.05, 4.69) is 53.3 Å². The van der Waals surface area contributed by atoms with Crippen LogP contribution in [0.1, 0.15) is 33.6 Å². The van der Waals surface area contributed by atoms with Crippen LogP contribution in [0, 0.1) is 0 Å². The van der Waals surface area contributed by atoms with Crippen LogP contribution in [0.4, 0.5) is 5.69 Å². The molecular formula is C23H40IN5O2. The number of rotatable bonds is 8. The molecule has 1 aromatic carbocycles. The fraction of sp³-hybridized carbons (Fsp3) is 0.696. The van der Waals surface area contributed by atoms with Gasteiger partial charge in [-0.25, -0.2) is 0 Å². The molecule has 0 bridgehead atoms. The first-order valence-corrected chi connectivity index (χ1v) is 11.4. The Morgan fingerprint density at radius 3 is 2.65 bits per heavy atom. The van der Waals surface area contributed by atoms with E-state index >= 15 is 0 Å². The van der Waals surface area contributed by atoms with Crippen LogP contribution in [-0.2, 0) is 4.74 Å². The van der Waals surface area contributed by atoms with Gasteiger partial charge in [-0.2, -0.15) is 0 Å². The lowest BCUT2D eigenvalue weighted by Crippen LogP contribution is -2.46. The number of para-hydroxylation sites is 2. The van der Waals surface area contributed by atoms with Gasteiger partial charge in [-0.15, -0.1) is 24.0 Å². The number of benzene rings is 1. The molecule has 31 heavy (non-hydrogen) atoms. The van der Waals surface area contributed by atoms with Gasteiger partial charge in [0.05, 0.1) is 25.0 Å². The van der Waals surface area contributed by atoms with Crippen LogP contribution in [0.15, 0.2) is 29.3 Å². The molecule has 0 amide bonds. The van der Waals surface area contributed by atoms with Crippen molar-refractivity contribution in [2.45, 2.75) is 51.9 Å². The number of ether oxygens (including phenoxy) is 2. The van der Waals surface area contributed by atoms with Crippen molar-refractivity contribution in [2.24, 2.45) is 4.99 Å². The van der Waals surface area contributed by atoms with E-state index in [-0.39, 0.29) is 24.0 Å². The molecule has 2 aliphatic rings. The zero-order valence-electron chi connectivity index (χ0n) is 19.5. The molecular weight excluding hydrogens is 505 g/mol. The summed E-state index contributed by atoms with van der Waals surface area (Å²) in [6.45, 7) is 13.2. The molecule has 0 aromatic heterocycles. The van der Waals surface area contributed by atoms with Crippen LogP contribution in [0.3, 0.4) is 0 Å². The lowest BCUT2D eigenvalue weighted by atomic mass is 10.2. The monoisotopic (exact) mass is 545 g/mol. The fourth-order valence-electron chi connectivity index (χ4n) is 4.45. The number of aliphatic imine (C=N–C) groups is 1. The molecule has 176 valence electrons. The predicted octanol–water partition coefficient (Wildman–Crippen LogP) is 2.95. The van der Waals surface area contributed by atoms with Crippen molar-refractivity contribution in [1.29, 1.82) is 0 Å². The Bertz CT molecular complexity index is 680. The molecule has 0 aliphatic carbocycles. The van der Waals surface area contributed by atoms with Gasteiger partial charge in [0.2, 0.25) is 0 Å². The summed E-state index contributed by atoms with van der Waals surface area (Å²) in [5, 5.41) is 7.03. The first kappa shape index (κ1) is 26.0. The number of guanidine groups is 1. The van der Waals surface area contributed by atoms with Crippen molar-refractivity contribution in [1.82, 2.24) is 15.5 Å². The van der Waals surface area contributed by atoms with Crippen molar-refractivity contribution in [3.05, 3.63) is 24.3 Å². The van der Waals surface area contributed by atoms with E-state index in [1.807, 2.05) is 12.1 Å². The highest BCUT2D eigenvalue weighted by atomic mass is 127. The van der Waals surface area contributed by atoms with Gasteiger partial charge in [0.15, 0.2) is 5.96 Å². The average molecular weight is 546 g/mol. The molecule has 2 aliphatic heterocycles. The largest absolute Gasteiger partial charge is 0.495 e. The third kappa shape index (κ3) is 7.98. The van der Waals surface area contributed by atoms with Gasteiger partial charge in [0.1, 0.15) is 5.75 Å². The van der Waals surface area contributed by atoms with Crippen molar-refractivity contribution in [2.75, 3.05) is 57.8 Å². The van der Waals surface area contributed by atoms with Crippen LogP contribution in [0.2, 0.25) is 0 Å². The van der Waals surface area contributed by atoms with E-state index in [0.29, 0.717) is 18.2 Å². The van der Waals surface area contributed by atoms with Crippen molar-refractivity contribution >= 4 is 35.6 Å². The number of anilines is 1. The predicted molar refractivity (Wildman–Crippen MR) is 139 cm³/mol. The van der Waals surface area contributed by atoms with Crippen molar-refractivity contribution in [3.8, 4) is 5.75 Å². The van der Waals surface area contributed by atoms with E-state index in [1.165, 1.54) is 5.69 Å². The minimum absolute atomic E-state index is 0. The van der Waals surface area contributed by atoms with Crippen LogP contribution in [0.5, 0.6) is 5.75 Å². The summed E-state index contributed by atoms with van der Waals surface area (Å²) in [4.78, 5) is 9.71. The molecule has 7 nitrogen and oxygen atoms in total. The summed E-state index contributed by atoms with van der Waals surface area (Å²) >= 11 is 0. The summed E-state index contributed by atoms with van der Waals surface area (Å²) in [5.41, 5.74) is 1.17. The van der Waals surface area contributed by atoms with Crippen LogP contribution in [-0.4, -0.2) is 82.0 Å². The minimum Gasteiger partial charge on any atom is -0.495 e. The van der Waals surface area contributed by atoms with E-state index in [1.54, 1.807) is 7.11 Å². The van der Waals surface area contributed by atoms with Gasteiger partial charge in [-0.05, 0) is 45.7 Å². The maximum atomic E-state index is 5.82. The molecule has 3 atom stereocenters. The van der Waals surface area contributed by atoms with E-state index < -0.39 is 0 Å². The topological polar surface area (TPSA) is 61.4 Å². The maximum Gasteiger partial charge on any atom is 0.191 e. The highest BCUT2D eigenvalue weighted by Gasteiger charge is 2.25. The Balaban J connectivity index is 0.00000341. The van der Waals surface area contributed by atoms with Gasteiger partial charge in [0.25, 0.3) is 0 Å². The second-order valence-corrected chi connectivity index (χ2v) is 8.38. The van der Waals surface area contributed by atoms with Gasteiger partial charge < -0.3 is 25.0 Å². The van der Waals surface area contributed by atoms with E-state index in [4.69, 9.17) is 14.5 Å². The SMILES string of the molecule is CCNC(=NCCCN1CC(C)OC(C)C1)NC1CCN(c2ccccc2OC)C1.I. The molecule has 3 unspecified atom stereocenters. The Morgan fingerprint density at radius 2 is 1.94 bits per heavy atom. The van der Waals surface area contributed by atoms with Crippen molar-refractivity contribution in [3.63, 3.8) is 0 Å². The fourth-order valence-corrected chi connectivity index (χ4v) is 4.45. The van der Waals surface area contributed by atoms with Gasteiger partial charge in [0, 0.05) is 51.9 Å². The zero-order valence-corrected chi connectivity index (χ0v) is 21.8. The van der Waals surface area contributed by atoms with Crippen LogP contribution < -0.4 is 20.3 Å². The van der Waals surface area contributed by atoms with Gasteiger partial charge in [-0.3, -0.25) is 9.89 Å². The first-order chi connectivity index (χ1) is 14.6. The molecule has 2 heterocycles. The number of methoxy groups -OCH3 is 1. The summed E-state index contributed by atoms with van der Waals surface area (Å²) < 4.78 is 11.4. The number of morpholine rings is 1. The molecule has 8 heteroatoms. The molecule has 3 rings (SSSR count). The molecule has 2 saturated heterocycles. The highest BCUT2D eigenvalue weighted by Crippen LogP contribution is 2.30. The molecule has 1 aromatic rings. The quantitative estimate of drug-likeness (QED) is 0.227. The lowest BCUT2D eigenvalue weighted by molar-refractivity contribution is -0.0679. The summed E-state index contributed by atoms with van der Waals surface area (Å²) in [5.74, 6) is 1.86. The number of hydrogen-bond donors (Lipinski definition) is 2. The molecule has 2 fully saturated rings. The maximum absolute atomic E-state index is 5.82. The molecule has 0 saturated carbocycles. The van der Waals surface area contributed by atoms with Crippen LogP contribution >= 0.6 is 24.0 Å². The smallest absolute Gasteiger partial charge is 0.191 e. The van der Waals surface area contributed by atoms with Crippen LogP contribution in [0.25, 0.3) is 0 Å². The summed E-state index contributed by atoms with van der Waals surface area (Å²) in [6.07, 6.45) is 2.80. The normalized spacial score (nSPS) is 24.6. The number of nitrogens with zero attached hydrogens (tertiary/aromatic N) is 3. The van der Waals surface area contributed by atoms with Gasteiger partial charge >= 0.3 is 0 Å².